The van der Waals surface area contributed by atoms with Crippen molar-refractivity contribution in [2.75, 3.05) is 0 Å². The molecule has 0 heteroatoms. The molecule has 0 heterocycles. The maximum Gasteiger partial charge on any atom is 0.0104 e. The van der Waals surface area contributed by atoms with E-state index in [0.717, 1.165) is 6.42 Å². The molecule has 3 aliphatic carbocycles. The average molecular weight is 232 g/mol. The van der Waals surface area contributed by atoms with E-state index >= 15 is 0 Å². The van der Waals surface area contributed by atoms with Gasteiger partial charge in [0, 0.05) is 5.92 Å². The fourth-order valence-electron chi connectivity index (χ4n) is 3.55. The summed E-state index contributed by atoms with van der Waals surface area (Å²) in [5.41, 5.74) is 7.62. The van der Waals surface area contributed by atoms with Gasteiger partial charge in [-0.2, -0.15) is 0 Å². The van der Waals surface area contributed by atoms with Gasteiger partial charge < -0.3 is 0 Å². The minimum atomic E-state index is 0.623. The highest BCUT2D eigenvalue weighted by Gasteiger charge is 2.31. The van der Waals surface area contributed by atoms with Crippen LogP contribution in [0, 0.1) is 0 Å². The molecule has 1 unspecified atom stereocenters. The van der Waals surface area contributed by atoms with E-state index in [1.807, 2.05) is 0 Å². The van der Waals surface area contributed by atoms with Gasteiger partial charge >= 0.3 is 0 Å². The number of hydrogen-bond acceptors (Lipinski definition) is 0. The number of fused-ring (bicyclic) bond motifs is 2. The van der Waals surface area contributed by atoms with Crippen molar-refractivity contribution >= 4 is 11.6 Å². The van der Waals surface area contributed by atoms with Crippen LogP contribution < -0.4 is 0 Å². The van der Waals surface area contributed by atoms with E-state index in [-0.39, 0.29) is 0 Å². The molecular weight excluding hydrogens is 216 g/mol. The molecule has 88 valence electrons. The van der Waals surface area contributed by atoms with Gasteiger partial charge in [-0.05, 0) is 41.5 Å². The van der Waals surface area contributed by atoms with Crippen molar-refractivity contribution in [3.05, 3.63) is 70.8 Å². The molecule has 1 aromatic carbocycles. The van der Waals surface area contributed by atoms with Crippen LogP contribution >= 0.6 is 0 Å². The highest BCUT2D eigenvalue weighted by Crippen LogP contribution is 2.49. The molecule has 0 aliphatic heterocycles. The van der Waals surface area contributed by atoms with Gasteiger partial charge in [0.15, 0.2) is 0 Å². The Labute approximate surface area is 108 Å². The van der Waals surface area contributed by atoms with Gasteiger partial charge in [0.1, 0.15) is 0 Å². The number of benzene rings is 1. The normalized spacial score (nSPS) is 23.7. The Morgan fingerprint density at radius 1 is 1.00 bits per heavy atom. The lowest BCUT2D eigenvalue weighted by Crippen LogP contribution is -2.01. The molecule has 0 bridgehead atoms. The Morgan fingerprint density at radius 3 is 3.00 bits per heavy atom. The van der Waals surface area contributed by atoms with E-state index in [9.17, 15) is 0 Å². The van der Waals surface area contributed by atoms with Crippen LogP contribution in [0.1, 0.15) is 41.9 Å². The summed E-state index contributed by atoms with van der Waals surface area (Å²) in [7, 11) is 0. The summed E-state index contributed by atoms with van der Waals surface area (Å²) in [4.78, 5) is 0. The van der Waals surface area contributed by atoms with Crippen LogP contribution in [0.2, 0.25) is 0 Å². The highest BCUT2D eigenvalue weighted by atomic mass is 14.3. The summed E-state index contributed by atoms with van der Waals surface area (Å²) in [5, 5.41) is 0. The van der Waals surface area contributed by atoms with Crippen LogP contribution in [0.3, 0.4) is 0 Å². The van der Waals surface area contributed by atoms with Crippen LogP contribution in [0.25, 0.3) is 11.6 Å². The Bertz CT molecular complexity index is 623. The smallest absolute Gasteiger partial charge is 0.0104 e. The second-order valence-corrected chi connectivity index (χ2v) is 5.26. The van der Waals surface area contributed by atoms with Crippen LogP contribution in [-0.2, 0) is 0 Å². The number of rotatable bonds is 0. The Balaban J connectivity index is 2.00. The van der Waals surface area contributed by atoms with Crippen molar-refractivity contribution in [3.63, 3.8) is 0 Å². The molecule has 0 radical (unpaired) electrons. The molecule has 1 atom stereocenters. The number of hydrogen-bond donors (Lipinski definition) is 0. The Kier molecular flexibility index (Phi) is 2.16. The molecule has 0 spiro atoms. The van der Waals surface area contributed by atoms with Crippen LogP contribution in [0.4, 0.5) is 0 Å². The standard InChI is InChI=1S/C18H16/c1-2-7-13-8-6-12-17-15-10-5-4-9-14(15)16(11-3-1)18(13)17/h1-3,5-8,10,12,16H,4,9,11H2. The highest BCUT2D eigenvalue weighted by molar-refractivity contribution is 5.87. The van der Waals surface area contributed by atoms with Gasteiger partial charge in [-0.3, -0.25) is 0 Å². The minimum Gasteiger partial charge on any atom is -0.0836 e. The third-order valence-electron chi connectivity index (χ3n) is 4.30. The minimum absolute atomic E-state index is 0.623. The summed E-state index contributed by atoms with van der Waals surface area (Å²) in [6.45, 7) is 0. The molecule has 0 fully saturated rings. The lowest BCUT2D eigenvalue weighted by molar-refractivity contribution is 0.765. The van der Waals surface area contributed by atoms with Crippen LogP contribution in [-0.4, -0.2) is 0 Å². The van der Waals surface area contributed by atoms with Crippen molar-refractivity contribution in [1.29, 1.82) is 0 Å². The summed E-state index contributed by atoms with van der Waals surface area (Å²) in [6, 6.07) is 6.74. The molecule has 0 saturated carbocycles. The van der Waals surface area contributed by atoms with Crippen molar-refractivity contribution in [3.8, 4) is 0 Å². The first kappa shape index (κ1) is 10.1. The fourth-order valence-corrected chi connectivity index (χ4v) is 3.55. The third kappa shape index (κ3) is 1.32. The fraction of sp³-hybridized carbons (Fsp3) is 0.222. The first-order chi connectivity index (χ1) is 8.95. The predicted octanol–water partition coefficient (Wildman–Crippen LogP) is 4.86. The molecule has 1 aromatic rings. The lowest BCUT2D eigenvalue weighted by Gasteiger charge is -2.18. The van der Waals surface area contributed by atoms with Crippen molar-refractivity contribution < 1.29 is 0 Å². The summed E-state index contributed by atoms with van der Waals surface area (Å²) in [5.74, 6) is 0.623. The maximum atomic E-state index is 2.34. The van der Waals surface area contributed by atoms with E-state index in [4.69, 9.17) is 0 Å². The molecule has 4 rings (SSSR count). The Hall–Kier alpha value is -1.82. The van der Waals surface area contributed by atoms with Gasteiger partial charge in [0.2, 0.25) is 0 Å². The first-order valence-electron chi connectivity index (χ1n) is 6.81. The van der Waals surface area contributed by atoms with Gasteiger partial charge in [-0.15, -0.1) is 0 Å². The second kappa shape index (κ2) is 3.84. The quantitative estimate of drug-likeness (QED) is 0.599. The molecule has 0 aromatic heterocycles. The zero-order valence-electron chi connectivity index (χ0n) is 10.4. The topological polar surface area (TPSA) is 0 Å². The summed E-state index contributed by atoms with van der Waals surface area (Å²) >= 11 is 0. The van der Waals surface area contributed by atoms with E-state index < -0.39 is 0 Å². The molecular formula is C18H16. The van der Waals surface area contributed by atoms with Gasteiger partial charge in [0.05, 0.1) is 0 Å². The molecule has 18 heavy (non-hydrogen) atoms. The van der Waals surface area contributed by atoms with E-state index in [1.165, 1.54) is 29.5 Å². The van der Waals surface area contributed by atoms with E-state index in [0.29, 0.717) is 5.92 Å². The second-order valence-electron chi connectivity index (χ2n) is 5.26. The maximum absolute atomic E-state index is 2.34. The molecule has 0 N–H and O–H groups in total. The van der Waals surface area contributed by atoms with Crippen molar-refractivity contribution in [2.24, 2.45) is 0 Å². The van der Waals surface area contributed by atoms with Crippen molar-refractivity contribution in [2.45, 2.75) is 25.2 Å². The zero-order valence-corrected chi connectivity index (χ0v) is 10.4. The molecule has 0 amide bonds. The Morgan fingerprint density at radius 2 is 2.00 bits per heavy atom. The number of allylic oxidation sites excluding steroid dienone is 7. The molecule has 0 saturated heterocycles. The van der Waals surface area contributed by atoms with Crippen molar-refractivity contribution in [1.82, 2.24) is 0 Å². The predicted molar refractivity (Wildman–Crippen MR) is 77.3 cm³/mol. The summed E-state index contributed by atoms with van der Waals surface area (Å²) < 4.78 is 0. The largest absolute Gasteiger partial charge is 0.0836 e. The van der Waals surface area contributed by atoms with Gasteiger partial charge in [0.25, 0.3) is 0 Å². The zero-order chi connectivity index (χ0) is 11.9. The van der Waals surface area contributed by atoms with Gasteiger partial charge in [-0.25, -0.2) is 0 Å². The third-order valence-corrected chi connectivity index (χ3v) is 4.30. The summed E-state index contributed by atoms with van der Waals surface area (Å²) in [6.07, 6.45) is 17.2. The molecule has 0 nitrogen and oxygen atoms in total. The van der Waals surface area contributed by atoms with Gasteiger partial charge in [-0.1, -0.05) is 60.2 Å². The molecule has 3 aliphatic rings. The first-order valence-corrected chi connectivity index (χ1v) is 6.81. The monoisotopic (exact) mass is 232 g/mol. The SMILES string of the molecule is C1=CCC2C3=C(C=CCC3)c3cccc(c32)C=C1. The average Bonchev–Trinajstić information content (AvgIpc) is 2.70. The van der Waals surface area contributed by atoms with Crippen LogP contribution in [0.5, 0.6) is 0 Å². The van der Waals surface area contributed by atoms with E-state index in [2.05, 4.69) is 54.7 Å². The van der Waals surface area contributed by atoms with E-state index in [1.54, 1.807) is 11.1 Å². The lowest BCUT2D eigenvalue weighted by atomic mass is 9.85. The van der Waals surface area contributed by atoms with Crippen LogP contribution in [0.15, 0.2) is 54.2 Å².